The lowest BCUT2D eigenvalue weighted by Gasteiger charge is -2.16. The molecule has 0 spiro atoms. The summed E-state index contributed by atoms with van der Waals surface area (Å²) in [6.07, 6.45) is 3.97. The van der Waals surface area contributed by atoms with Crippen LogP contribution in [0, 0.1) is 0 Å². The number of hydrogen-bond donors (Lipinski definition) is 1. The van der Waals surface area contributed by atoms with Crippen molar-refractivity contribution in [3.8, 4) is 0 Å². The van der Waals surface area contributed by atoms with Gasteiger partial charge in [-0.25, -0.2) is 4.79 Å². The van der Waals surface area contributed by atoms with Gasteiger partial charge in [0.15, 0.2) is 0 Å². The summed E-state index contributed by atoms with van der Waals surface area (Å²) >= 11 is 12.8. The van der Waals surface area contributed by atoms with Crippen LogP contribution in [0.2, 0.25) is 10.0 Å². The van der Waals surface area contributed by atoms with Crippen LogP contribution in [-0.2, 0) is 9.53 Å². The fraction of sp³-hybridized carbons (Fsp3) is 0.138. The average molecular weight is 490 g/mol. The van der Waals surface area contributed by atoms with Gasteiger partial charge in [0.25, 0.3) is 0 Å². The second-order valence-electron chi connectivity index (χ2n) is 7.81. The number of ether oxygens (including phenoxy) is 1. The van der Waals surface area contributed by atoms with Crippen LogP contribution in [0.4, 0.5) is 0 Å². The van der Waals surface area contributed by atoms with E-state index in [1.165, 1.54) is 6.08 Å². The minimum Gasteiger partial charge on any atom is -0.463 e. The second kappa shape index (κ2) is 10.8. The molecule has 0 bridgehead atoms. The normalized spacial score (nSPS) is 12.2. The van der Waals surface area contributed by atoms with E-state index >= 15 is 0 Å². The van der Waals surface area contributed by atoms with E-state index in [9.17, 15) is 4.79 Å². The summed E-state index contributed by atoms with van der Waals surface area (Å²) in [6, 6.07) is 24.1. The van der Waals surface area contributed by atoms with Gasteiger partial charge in [-0.15, -0.1) is 0 Å². The summed E-state index contributed by atoms with van der Waals surface area (Å²) in [7, 11) is 0. The fourth-order valence-corrected chi connectivity index (χ4v) is 4.57. The Morgan fingerprint density at radius 3 is 2.41 bits per heavy atom. The van der Waals surface area contributed by atoms with E-state index in [1.807, 2.05) is 36.4 Å². The molecule has 0 unspecified atom stereocenters. The van der Waals surface area contributed by atoms with Crippen molar-refractivity contribution in [3.63, 3.8) is 0 Å². The molecule has 0 atom stereocenters. The number of para-hydroxylation sites is 1. The molecule has 0 saturated heterocycles. The lowest BCUT2D eigenvalue weighted by molar-refractivity contribution is -0.137. The molecule has 0 aliphatic carbocycles. The molecule has 4 rings (SSSR count). The Labute approximate surface area is 209 Å². The summed E-state index contributed by atoms with van der Waals surface area (Å²) in [5.74, 6) is -0.351. The highest BCUT2D eigenvalue weighted by molar-refractivity contribution is 6.36. The van der Waals surface area contributed by atoms with Crippen LogP contribution in [0.1, 0.15) is 42.7 Å². The number of fused-ring (bicyclic) bond motifs is 1. The van der Waals surface area contributed by atoms with Crippen molar-refractivity contribution in [2.45, 2.75) is 20.3 Å². The zero-order chi connectivity index (χ0) is 24.1. The molecule has 0 saturated carbocycles. The number of nitrogens with one attached hydrogen (secondary N) is 1. The van der Waals surface area contributed by atoms with Crippen LogP contribution in [0.3, 0.4) is 0 Å². The third-order valence-electron chi connectivity index (χ3n) is 5.61. The number of H-pyrrole nitrogens is 1. The summed E-state index contributed by atoms with van der Waals surface area (Å²) in [5.41, 5.74) is 7.18. The topological polar surface area (TPSA) is 42.1 Å². The van der Waals surface area contributed by atoms with Gasteiger partial charge in [-0.3, -0.25) is 0 Å². The minimum absolute atomic E-state index is 0.351. The summed E-state index contributed by atoms with van der Waals surface area (Å²) in [4.78, 5) is 15.2. The smallest absolute Gasteiger partial charge is 0.330 e. The molecule has 1 N–H and O–H groups in total. The summed E-state index contributed by atoms with van der Waals surface area (Å²) in [5, 5.41) is 2.36. The van der Waals surface area contributed by atoms with Gasteiger partial charge in [0, 0.05) is 38.3 Å². The standard InChI is InChI=1S/C29H25Cl2NO2/c1-3-23(24-15-14-22(30)18-25(24)31)29(27-17-21-7-5-6-8-26(21)32-27)20-12-9-19(10-13-20)11-16-28(33)34-4-2/h5-18,32H,3-4H2,1-2H3/b16-11+,29-23+. The monoisotopic (exact) mass is 489 g/mol. The maximum absolute atomic E-state index is 11.7. The van der Waals surface area contributed by atoms with E-state index < -0.39 is 0 Å². The third kappa shape index (κ3) is 5.27. The maximum Gasteiger partial charge on any atom is 0.330 e. The van der Waals surface area contributed by atoms with Gasteiger partial charge in [-0.1, -0.05) is 78.7 Å². The number of rotatable bonds is 7. The lowest BCUT2D eigenvalue weighted by Crippen LogP contribution is -1.98. The molecule has 4 aromatic rings. The second-order valence-corrected chi connectivity index (χ2v) is 8.65. The lowest BCUT2D eigenvalue weighted by atomic mass is 9.90. The van der Waals surface area contributed by atoms with Gasteiger partial charge in [0.2, 0.25) is 0 Å². The largest absolute Gasteiger partial charge is 0.463 e. The van der Waals surface area contributed by atoms with E-state index in [-0.39, 0.29) is 5.97 Å². The average Bonchev–Trinajstić information content (AvgIpc) is 3.26. The predicted molar refractivity (Wildman–Crippen MR) is 143 cm³/mol. The Morgan fingerprint density at radius 2 is 1.74 bits per heavy atom. The van der Waals surface area contributed by atoms with Crippen molar-refractivity contribution in [1.29, 1.82) is 0 Å². The molecule has 34 heavy (non-hydrogen) atoms. The zero-order valence-electron chi connectivity index (χ0n) is 19.1. The van der Waals surface area contributed by atoms with E-state index in [0.29, 0.717) is 16.7 Å². The molecule has 172 valence electrons. The van der Waals surface area contributed by atoms with Gasteiger partial charge in [-0.05, 0) is 65.9 Å². The predicted octanol–water partition coefficient (Wildman–Crippen LogP) is 8.42. The molecule has 3 aromatic carbocycles. The Morgan fingerprint density at radius 1 is 0.971 bits per heavy atom. The molecule has 0 radical (unpaired) electrons. The number of allylic oxidation sites excluding steroid dienone is 1. The first-order chi connectivity index (χ1) is 16.5. The molecule has 0 fully saturated rings. The number of aromatic amines is 1. The first kappa shape index (κ1) is 23.9. The molecule has 5 heteroatoms. The van der Waals surface area contributed by atoms with Gasteiger partial charge in [0.1, 0.15) is 0 Å². The van der Waals surface area contributed by atoms with E-state index in [0.717, 1.165) is 50.9 Å². The number of benzene rings is 3. The molecule has 0 amide bonds. The highest BCUT2D eigenvalue weighted by atomic mass is 35.5. The van der Waals surface area contributed by atoms with Crippen LogP contribution < -0.4 is 0 Å². The van der Waals surface area contributed by atoms with E-state index in [1.54, 1.807) is 19.1 Å². The minimum atomic E-state index is -0.351. The van der Waals surface area contributed by atoms with E-state index in [2.05, 4.69) is 42.2 Å². The van der Waals surface area contributed by atoms with Crippen LogP contribution in [-0.4, -0.2) is 17.6 Å². The van der Waals surface area contributed by atoms with Crippen LogP contribution in [0.15, 0.2) is 78.9 Å². The molecular weight excluding hydrogens is 465 g/mol. The SMILES string of the molecule is CCOC(=O)/C=C/c1ccc(/C(=C(/CC)c2ccc(Cl)cc2Cl)c2cc3ccccc3[nH]2)cc1. The number of aromatic nitrogens is 1. The fourth-order valence-electron chi connectivity index (χ4n) is 4.05. The Hall–Kier alpha value is -3.27. The number of carbonyl (C=O) groups excluding carboxylic acids is 1. The Bertz CT molecular complexity index is 1350. The van der Waals surface area contributed by atoms with Gasteiger partial charge < -0.3 is 9.72 Å². The van der Waals surface area contributed by atoms with Crippen molar-refractivity contribution >= 4 is 57.3 Å². The first-order valence-electron chi connectivity index (χ1n) is 11.2. The molecule has 1 heterocycles. The number of esters is 1. The first-order valence-corrected chi connectivity index (χ1v) is 12.0. The molecule has 1 aromatic heterocycles. The third-order valence-corrected chi connectivity index (χ3v) is 6.16. The van der Waals surface area contributed by atoms with Crippen LogP contribution in [0.25, 0.3) is 28.1 Å². The molecule has 0 aliphatic rings. The highest BCUT2D eigenvalue weighted by Gasteiger charge is 2.17. The maximum atomic E-state index is 11.7. The van der Waals surface area contributed by atoms with E-state index in [4.69, 9.17) is 27.9 Å². The van der Waals surface area contributed by atoms with Crippen molar-refractivity contribution < 1.29 is 9.53 Å². The molecule has 0 aliphatic heterocycles. The van der Waals surface area contributed by atoms with Crippen molar-refractivity contribution in [2.75, 3.05) is 6.61 Å². The Kier molecular flexibility index (Phi) is 7.56. The molecule has 3 nitrogen and oxygen atoms in total. The van der Waals surface area contributed by atoms with Gasteiger partial charge in [-0.2, -0.15) is 0 Å². The van der Waals surface area contributed by atoms with Gasteiger partial charge in [0.05, 0.1) is 6.61 Å². The van der Waals surface area contributed by atoms with Crippen LogP contribution >= 0.6 is 23.2 Å². The number of hydrogen-bond acceptors (Lipinski definition) is 2. The Balaban J connectivity index is 1.86. The van der Waals surface area contributed by atoms with Gasteiger partial charge >= 0.3 is 5.97 Å². The quantitative estimate of drug-likeness (QED) is 0.161. The summed E-state index contributed by atoms with van der Waals surface area (Å²) < 4.78 is 4.97. The van der Waals surface area contributed by atoms with Crippen molar-refractivity contribution in [3.05, 3.63) is 111 Å². The number of carbonyl (C=O) groups is 1. The van der Waals surface area contributed by atoms with Crippen LogP contribution in [0.5, 0.6) is 0 Å². The number of halogens is 2. The zero-order valence-corrected chi connectivity index (χ0v) is 20.6. The van der Waals surface area contributed by atoms with Crippen molar-refractivity contribution in [1.82, 2.24) is 4.98 Å². The van der Waals surface area contributed by atoms with Crippen molar-refractivity contribution in [2.24, 2.45) is 0 Å². The summed E-state index contributed by atoms with van der Waals surface area (Å²) in [6.45, 7) is 4.27. The highest BCUT2D eigenvalue weighted by Crippen LogP contribution is 2.38. The molecular formula is C29H25Cl2NO2.